The number of hydrogen-bond donors (Lipinski definition) is 1. The smallest absolute Gasteiger partial charge is 0.416 e. The zero-order chi connectivity index (χ0) is 24.3. The van der Waals surface area contributed by atoms with Gasteiger partial charge in [0.15, 0.2) is 0 Å². The molecule has 0 bridgehead atoms. The highest BCUT2D eigenvalue weighted by Gasteiger charge is 2.32. The van der Waals surface area contributed by atoms with Gasteiger partial charge in [-0.2, -0.15) is 18.2 Å². The number of aromatic nitrogens is 3. The molecule has 0 atom stereocenters. The molecule has 4 rings (SSSR count). The minimum absolute atomic E-state index is 0.0322. The van der Waals surface area contributed by atoms with Crippen LogP contribution >= 0.6 is 0 Å². The van der Waals surface area contributed by atoms with Crippen LogP contribution in [0.2, 0.25) is 0 Å². The molecule has 0 aliphatic rings. The molecule has 0 unspecified atom stereocenters. The van der Waals surface area contributed by atoms with Crippen molar-refractivity contribution in [1.29, 1.82) is 0 Å². The van der Waals surface area contributed by atoms with Gasteiger partial charge in [0.2, 0.25) is 11.8 Å². The first-order chi connectivity index (χ1) is 16.2. The van der Waals surface area contributed by atoms with Crippen LogP contribution in [0.4, 0.5) is 27.8 Å². The lowest BCUT2D eigenvalue weighted by Gasteiger charge is -2.12. The summed E-state index contributed by atoms with van der Waals surface area (Å²) in [7, 11) is 1.21. The molecule has 0 radical (unpaired) electrons. The average molecular weight is 476 g/mol. The van der Waals surface area contributed by atoms with E-state index in [0.717, 1.165) is 36.2 Å². The standard InChI is InChI=1S/C23H17F5N4O2/c1-33-18-10-14(23(26,27)28)11-19(32-18)34-15-4-2-13(3-5-15)8-9-29-22-20-16(24)6-7-17(25)21(20)30-12-31-22/h2-7,10-12H,8-9H2,1H3,(H,29,30,31). The lowest BCUT2D eigenvalue weighted by atomic mass is 10.1. The zero-order valence-corrected chi connectivity index (χ0v) is 17.7. The molecule has 0 spiro atoms. The lowest BCUT2D eigenvalue weighted by molar-refractivity contribution is -0.137. The van der Waals surface area contributed by atoms with E-state index < -0.39 is 23.4 Å². The molecule has 0 saturated carbocycles. The number of hydrogen-bond acceptors (Lipinski definition) is 6. The minimum Gasteiger partial charge on any atom is -0.481 e. The third-order valence-corrected chi connectivity index (χ3v) is 4.86. The number of nitrogens with zero attached hydrogens (tertiary/aromatic N) is 3. The normalized spacial score (nSPS) is 11.5. The fourth-order valence-corrected chi connectivity index (χ4v) is 3.21. The number of pyridine rings is 1. The molecule has 2 aromatic heterocycles. The summed E-state index contributed by atoms with van der Waals surface area (Å²) in [5, 5.41) is 2.94. The quantitative estimate of drug-likeness (QED) is 0.341. The summed E-state index contributed by atoms with van der Waals surface area (Å²) in [5.41, 5.74) is -0.191. The molecule has 2 heterocycles. The highest BCUT2D eigenvalue weighted by Crippen LogP contribution is 2.34. The molecule has 0 aliphatic carbocycles. The van der Waals surface area contributed by atoms with Crippen LogP contribution in [-0.2, 0) is 12.6 Å². The van der Waals surface area contributed by atoms with Gasteiger partial charge in [-0.3, -0.25) is 0 Å². The molecular formula is C23H17F5N4O2. The van der Waals surface area contributed by atoms with E-state index >= 15 is 0 Å². The fraction of sp³-hybridized carbons (Fsp3) is 0.174. The van der Waals surface area contributed by atoms with Crippen LogP contribution in [0.5, 0.6) is 17.5 Å². The molecule has 1 N–H and O–H groups in total. The van der Waals surface area contributed by atoms with Crippen LogP contribution in [0, 0.1) is 11.6 Å². The Morgan fingerprint density at radius 3 is 2.32 bits per heavy atom. The van der Waals surface area contributed by atoms with Crippen LogP contribution in [0.25, 0.3) is 10.9 Å². The number of methoxy groups -OCH3 is 1. The highest BCUT2D eigenvalue weighted by molar-refractivity contribution is 5.89. The van der Waals surface area contributed by atoms with E-state index in [9.17, 15) is 22.0 Å². The SMILES string of the molecule is COc1cc(C(F)(F)F)cc(Oc2ccc(CCNc3ncnc4c(F)ccc(F)c34)cc2)n1. The molecule has 11 heteroatoms. The first kappa shape index (κ1) is 23.1. The molecule has 0 amide bonds. The zero-order valence-electron chi connectivity index (χ0n) is 17.7. The third kappa shape index (κ3) is 5.13. The van der Waals surface area contributed by atoms with Crippen molar-refractivity contribution < 1.29 is 31.4 Å². The lowest BCUT2D eigenvalue weighted by Crippen LogP contribution is -2.08. The summed E-state index contributed by atoms with van der Waals surface area (Å²) < 4.78 is 77.5. The minimum atomic E-state index is -4.57. The molecule has 4 aromatic rings. The number of halogens is 5. The first-order valence-corrected chi connectivity index (χ1v) is 9.97. The largest absolute Gasteiger partial charge is 0.481 e. The number of ether oxygens (including phenoxy) is 2. The summed E-state index contributed by atoms with van der Waals surface area (Å²) in [5.74, 6) is -1.31. The molecular weight excluding hydrogens is 459 g/mol. The van der Waals surface area contributed by atoms with Crippen molar-refractivity contribution in [3.05, 3.63) is 77.6 Å². The van der Waals surface area contributed by atoms with Gasteiger partial charge in [0, 0.05) is 18.7 Å². The second-order valence-corrected chi connectivity index (χ2v) is 7.13. The number of rotatable bonds is 7. The van der Waals surface area contributed by atoms with Crippen molar-refractivity contribution in [3.8, 4) is 17.5 Å². The van der Waals surface area contributed by atoms with Crippen molar-refractivity contribution in [2.24, 2.45) is 0 Å². The van der Waals surface area contributed by atoms with Gasteiger partial charge in [-0.15, -0.1) is 0 Å². The highest BCUT2D eigenvalue weighted by atomic mass is 19.4. The van der Waals surface area contributed by atoms with Gasteiger partial charge in [0.1, 0.15) is 35.0 Å². The second-order valence-electron chi connectivity index (χ2n) is 7.13. The van der Waals surface area contributed by atoms with Gasteiger partial charge in [-0.25, -0.2) is 18.7 Å². The Morgan fingerprint density at radius 2 is 1.62 bits per heavy atom. The third-order valence-electron chi connectivity index (χ3n) is 4.86. The van der Waals surface area contributed by atoms with Gasteiger partial charge in [0.05, 0.1) is 18.1 Å². The number of nitrogens with one attached hydrogen (secondary N) is 1. The van der Waals surface area contributed by atoms with Gasteiger partial charge < -0.3 is 14.8 Å². The number of anilines is 1. The van der Waals surface area contributed by atoms with E-state index in [-0.39, 0.29) is 34.2 Å². The maximum absolute atomic E-state index is 14.2. The van der Waals surface area contributed by atoms with Crippen molar-refractivity contribution in [2.75, 3.05) is 19.0 Å². The van der Waals surface area contributed by atoms with Gasteiger partial charge in [0.25, 0.3) is 0 Å². The van der Waals surface area contributed by atoms with Crippen molar-refractivity contribution in [2.45, 2.75) is 12.6 Å². The monoisotopic (exact) mass is 476 g/mol. The van der Waals surface area contributed by atoms with Gasteiger partial charge >= 0.3 is 6.18 Å². The Morgan fingerprint density at radius 1 is 0.912 bits per heavy atom. The second kappa shape index (κ2) is 9.46. The molecule has 176 valence electrons. The summed E-state index contributed by atoms with van der Waals surface area (Å²) in [6, 6.07) is 10.2. The van der Waals surface area contributed by atoms with E-state index in [1.54, 1.807) is 24.3 Å². The summed E-state index contributed by atoms with van der Waals surface area (Å²) in [6.45, 7) is 0.356. The van der Waals surface area contributed by atoms with Gasteiger partial charge in [-0.05, 0) is 36.2 Å². The molecule has 0 fully saturated rings. The number of alkyl halides is 3. The van der Waals surface area contributed by atoms with Crippen LogP contribution in [0.15, 0.2) is 54.9 Å². The maximum Gasteiger partial charge on any atom is 0.416 e. The number of benzene rings is 2. The molecule has 0 saturated heterocycles. The van der Waals surface area contributed by atoms with Crippen LogP contribution in [0.3, 0.4) is 0 Å². The topological polar surface area (TPSA) is 69.2 Å². The Balaban J connectivity index is 1.42. The fourth-order valence-electron chi connectivity index (χ4n) is 3.21. The predicted molar refractivity (Wildman–Crippen MR) is 114 cm³/mol. The summed E-state index contributed by atoms with van der Waals surface area (Å²) in [6.07, 6.45) is -2.93. The molecule has 6 nitrogen and oxygen atoms in total. The molecule has 34 heavy (non-hydrogen) atoms. The molecule has 0 aliphatic heterocycles. The van der Waals surface area contributed by atoms with E-state index in [0.29, 0.717) is 13.0 Å². The van der Waals surface area contributed by atoms with E-state index in [1.165, 1.54) is 7.11 Å². The Bertz CT molecular complexity index is 1310. The predicted octanol–water partition coefficient (Wildman–Crippen LogP) is 5.78. The van der Waals surface area contributed by atoms with E-state index in [2.05, 4.69) is 20.3 Å². The summed E-state index contributed by atoms with van der Waals surface area (Å²) >= 11 is 0. The van der Waals surface area contributed by atoms with Gasteiger partial charge in [-0.1, -0.05) is 12.1 Å². The Labute approximate surface area is 190 Å². The number of fused-ring (bicyclic) bond motifs is 1. The summed E-state index contributed by atoms with van der Waals surface area (Å²) in [4.78, 5) is 11.7. The van der Waals surface area contributed by atoms with Crippen molar-refractivity contribution in [1.82, 2.24) is 15.0 Å². The average Bonchev–Trinajstić information content (AvgIpc) is 2.82. The molecule has 2 aromatic carbocycles. The van der Waals surface area contributed by atoms with E-state index in [1.807, 2.05) is 0 Å². The van der Waals surface area contributed by atoms with Crippen LogP contribution in [-0.4, -0.2) is 28.6 Å². The maximum atomic E-state index is 14.2. The Kier molecular flexibility index (Phi) is 6.44. The Hall–Kier alpha value is -4.02. The van der Waals surface area contributed by atoms with Crippen molar-refractivity contribution in [3.63, 3.8) is 0 Å². The van der Waals surface area contributed by atoms with Crippen LogP contribution < -0.4 is 14.8 Å². The van der Waals surface area contributed by atoms with Crippen molar-refractivity contribution >= 4 is 16.7 Å². The first-order valence-electron chi connectivity index (χ1n) is 9.97. The van der Waals surface area contributed by atoms with Crippen LogP contribution in [0.1, 0.15) is 11.1 Å². The van der Waals surface area contributed by atoms with E-state index in [4.69, 9.17) is 9.47 Å².